The molecule has 4 aromatic heterocycles. The van der Waals surface area contributed by atoms with Gasteiger partial charge in [0.25, 0.3) is 5.91 Å². The van der Waals surface area contributed by atoms with E-state index in [9.17, 15) is 4.79 Å². The normalized spacial score (nSPS) is 12.0. The molecule has 37 heavy (non-hydrogen) atoms. The van der Waals surface area contributed by atoms with Gasteiger partial charge in [0.1, 0.15) is 5.69 Å². The molecular formula is C29H24N7O+. The predicted molar refractivity (Wildman–Crippen MR) is 142 cm³/mol. The van der Waals surface area contributed by atoms with Crippen LogP contribution in [0.3, 0.4) is 0 Å². The summed E-state index contributed by atoms with van der Waals surface area (Å²) in [7, 11) is 0. The monoisotopic (exact) mass is 486 g/mol. The van der Waals surface area contributed by atoms with Crippen LogP contribution in [0.25, 0.3) is 33.4 Å². The second kappa shape index (κ2) is 9.16. The first-order valence-electron chi connectivity index (χ1n) is 11.9. The quantitative estimate of drug-likeness (QED) is 0.354. The summed E-state index contributed by atoms with van der Waals surface area (Å²) in [5, 5.41) is 4.00. The lowest BCUT2D eigenvalue weighted by molar-refractivity contribution is -0.618. The predicted octanol–water partition coefficient (Wildman–Crippen LogP) is 4.27. The first kappa shape index (κ1) is 22.4. The molecule has 8 heteroatoms. The molecule has 0 saturated carbocycles. The van der Waals surface area contributed by atoms with Crippen molar-refractivity contribution in [3.05, 3.63) is 115 Å². The lowest BCUT2D eigenvalue weighted by Gasteiger charge is -2.15. The van der Waals surface area contributed by atoms with E-state index in [4.69, 9.17) is 10.7 Å². The van der Waals surface area contributed by atoms with Crippen LogP contribution in [-0.2, 0) is 0 Å². The van der Waals surface area contributed by atoms with Crippen molar-refractivity contribution in [2.75, 3.05) is 5.73 Å². The second-order valence-electron chi connectivity index (χ2n) is 8.77. The molecule has 4 heterocycles. The zero-order chi connectivity index (χ0) is 25.4. The number of benzene rings is 2. The van der Waals surface area contributed by atoms with Gasteiger partial charge >= 0.3 is 0 Å². The number of nitrogen functional groups attached to an aromatic ring is 1. The fraction of sp³-hybridized carbons (Fsp3) is 0.0690. The van der Waals surface area contributed by atoms with Gasteiger partial charge in [-0.15, -0.1) is 4.52 Å². The summed E-state index contributed by atoms with van der Waals surface area (Å²) in [6.07, 6.45) is 7.58. The highest BCUT2D eigenvalue weighted by atomic mass is 16.2. The van der Waals surface area contributed by atoms with Crippen LogP contribution in [0.5, 0.6) is 0 Å². The lowest BCUT2D eigenvalue weighted by Crippen LogP contribution is -2.32. The molecule has 1 unspecified atom stereocenters. The van der Waals surface area contributed by atoms with E-state index in [1.165, 1.54) is 0 Å². The maximum Gasteiger partial charge on any atom is 0.274 e. The standard InChI is InChI=1S/C29H23N7O/c1-19(24-13-17-35-15-5-6-16-36(24)35)32-29(37)27-28(30)34-25(20-8-3-2-4-9-20)26(33-27)22-11-12-23-21(18-22)10-7-14-31-23/h2-19H,1H3,(H2-,30,32,34,37)/p+1. The largest absolute Gasteiger partial charge is 0.382 e. The number of nitrogens with one attached hydrogen (secondary N) is 1. The Bertz CT molecular complexity index is 1760. The Hall–Kier alpha value is -5.11. The first-order valence-corrected chi connectivity index (χ1v) is 11.9. The minimum Gasteiger partial charge on any atom is -0.382 e. The average molecular weight is 487 g/mol. The molecule has 8 nitrogen and oxygen atoms in total. The zero-order valence-corrected chi connectivity index (χ0v) is 20.1. The molecule has 3 N–H and O–H groups in total. The second-order valence-corrected chi connectivity index (χ2v) is 8.77. The molecule has 6 rings (SSSR count). The number of anilines is 1. The van der Waals surface area contributed by atoms with Crippen molar-refractivity contribution in [1.29, 1.82) is 0 Å². The van der Waals surface area contributed by atoms with Crippen LogP contribution in [0, 0.1) is 0 Å². The van der Waals surface area contributed by atoms with Crippen molar-refractivity contribution in [3.63, 3.8) is 0 Å². The number of pyridine rings is 1. The number of carbonyl (C=O) groups excluding carboxylic acids is 1. The fourth-order valence-electron chi connectivity index (χ4n) is 4.51. The summed E-state index contributed by atoms with van der Waals surface area (Å²) < 4.78 is 3.90. The van der Waals surface area contributed by atoms with E-state index in [-0.39, 0.29) is 17.6 Å². The summed E-state index contributed by atoms with van der Waals surface area (Å²) in [5.74, 6) is -0.319. The molecule has 180 valence electrons. The number of fused-ring (bicyclic) bond motifs is 2. The summed E-state index contributed by atoms with van der Waals surface area (Å²) in [4.78, 5) is 27.3. The molecular weight excluding hydrogens is 462 g/mol. The number of carbonyl (C=O) groups is 1. The van der Waals surface area contributed by atoms with Crippen molar-refractivity contribution in [2.45, 2.75) is 13.0 Å². The Balaban J connectivity index is 1.42. The molecule has 1 atom stereocenters. The third-order valence-corrected chi connectivity index (χ3v) is 6.34. The molecule has 0 aliphatic heterocycles. The number of nitrogens with two attached hydrogens (primary N) is 1. The molecule has 0 aliphatic rings. The average Bonchev–Trinajstić information content (AvgIpc) is 3.37. The number of rotatable bonds is 5. The van der Waals surface area contributed by atoms with E-state index < -0.39 is 5.91 Å². The van der Waals surface area contributed by atoms with Crippen LogP contribution < -0.4 is 15.6 Å². The highest BCUT2D eigenvalue weighted by molar-refractivity contribution is 5.98. The number of hydrogen-bond acceptors (Lipinski definition) is 5. The molecule has 0 saturated heterocycles. The summed E-state index contributed by atoms with van der Waals surface area (Å²) in [6.45, 7) is 1.92. The van der Waals surface area contributed by atoms with Crippen molar-refractivity contribution < 1.29 is 9.31 Å². The van der Waals surface area contributed by atoms with Gasteiger partial charge in [-0.3, -0.25) is 9.78 Å². The number of hydrogen-bond donors (Lipinski definition) is 2. The van der Waals surface area contributed by atoms with Gasteiger partial charge in [0, 0.05) is 34.8 Å². The third-order valence-electron chi connectivity index (χ3n) is 6.34. The highest BCUT2D eigenvalue weighted by Gasteiger charge is 2.23. The van der Waals surface area contributed by atoms with Crippen LogP contribution in [0.4, 0.5) is 5.82 Å². The number of aromatic nitrogens is 5. The van der Waals surface area contributed by atoms with Crippen LogP contribution >= 0.6 is 0 Å². The van der Waals surface area contributed by atoms with Crippen molar-refractivity contribution in [1.82, 2.24) is 24.8 Å². The van der Waals surface area contributed by atoms with Gasteiger partial charge in [-0.1, -0.05) is 47.0 Å². The SMILES string of the molecule is CC(NC(=O)c1nc(-c2ccc3ncccc3c2)c(-c2ccccc2)nc1N)c1cc[n+]2ccccn12. The molecule has 0 fully saturated rings. The minimum absolute atomic E-state index is 0.0733. The molecule has 2 aromatic carbocycles. The van der Waals surface area contributed by atoms with E-state index in [1.54, 1.807) is 6.20 Å². The van der Waals surface area contributed by atoms with Gasteiger partial charge < -0.3 is 11.1 Å². The van der Waals surface area contributed by atoms with E-state index in [0.717, 1.165) is 27.7 Å². The van der Waals surface area contributed by atoms with Gasteiger partial charge in [-0.25, -0.2) is 9.97 Å². The molecule has 0 bridgehead atoms. The molecule has 0 radical (unpaired) electrons. The summed E-state index contributed by atoms with van der Waals surface area (Å²) in [5.41, 5.74) is 11.1. The number of nitrogens with zero attached hydrogens (tertiary/aromatic N) is 5. The molecule has 0 aliphatic carbocycles. The topological polar surface area (TPSA) is 102 Å². The summed E-state index contributed by atoms with van der Waals surface area (Å²) >= 11 is 0. The summed E-state index contributed by atoms with van der Waals surface area (Å²) in [6, 6.07) is 25.0. The minimum atomic E-state index is -0.392. The van der Waals surface area contributed by atoms with E-state index in [1.807, 2.05) is 113 Å². The van der Waals surface area contributed by atoms with E-state index in [2.05, 4.69) is 15.3 Å². The van der Waals surface area contributed by atoms with E-state index >= 15 is 0 Å². The van der Waals surface area contributed by atoms with Crippen LogP contribution in [0.15, 0.2) is 104 Å². The maximum absolute atomic E-state index is 13.4. The maximum atomic E-state index is 13.4. The highest BCUT2D eigenvalue weighted by Crippen LogP contribution is 2.32. The Labute approximate surface area is 213 Å². The van der Waals surface area contributed by atoms with Gasteiger partial charge in [0.2, 0.25) is 12.4 Å². The van der Waals surface area contributed by atoms with Crippen LogP contribution in [0.2, 0.25) is 0 Å². The van der Waals surface area contributed by atoms with Gasteiger partial charge in [0.15, 0.2) is 11.5 Å². The Morgan fingerprint density at radius 3 is 2.62 bits per heavy atom. The molecule has 1 amide bonds. The Morgan fingerprint density at radius 1 is 0.919 bits per heavy atom. The third kappa shape index (κ3) is 4.14. The number of amides is 1. The zero-order valence-electron chi connectivity index (χ0n) is 20.1. The molecule has 6 aromatic rings. The van der Waals surface area contributed by atoms with Gasteiger partial charge in [-0.2, -0.15) is 0 Å². The van der Waals surface area contributed by atoms with Crippen molar-refractivity contribution in [3.8, 4) is 22.5 Å². The first-order chi connectivity index (χ1) is 18.1. The van der Waals surface area contributed by atoms with Crippen LogP contribution in [0.1, 0.15) is 29.1 Å². The van der Waals surface area contributed by atoms with Gasteiger partial charge in [0.05, 0.1) is 29.1 Å². The molecule has 0 spiro atoms. The Kier molecular flexibility index (Phi) is 5.54. The van der Waals surface area contributed by atoms with E-state index in [0.29, 0.717) is 11.4 Å². The van der Waals surface area contributed by atoms with Crippen LogP contribution in [-0.4, -0.2) is 25.4 Å². The Morgan fingerprint density at radius 2 is 1.76 bits per heavy atom. The van der Waals surface area contributed by atoms with Crippen molar-refractivity contribution in [2.24, 2.45) is 0 Å². The lowest BCUT2D eigenvalue weighted by atomic mass is 10.0. The van der Waals surface area contributed by atoms with Gasteiger partial charge in [-0.05, 0) is 31.2 Å². The van der Waals surface area contributed by atoms with Crippen molar-refractivity contribution >= 4 is 22.6 Å². The fourth-order valence-corrected chi connectivity index (χ4v) is 4.51. The smallest absolute Gasteiger partial charge is 0.274 e.